The molecule has 47 heavy (non-hydrogen) atoms. The van der Waals surface area contributed by atoms with E-state index >= 15 is 0 Å². The third-order valence-electron chi connectivity index (χ3n) is 6.85. The van der Waals surface area contributed by atoms with E-state index in [4.69, 9.17) is 14.2 Å². The number of amides is 3. The Bertz CT molecular complexity index is 1870. The lowest BCUT2D eigenvalue weighted by atomic mass is 10.1. The summed E-state index contributed by atoms with van der Waals surface area (Å²) in [6.07, 6.45) is 1.52. The molecule has 0 aliphatic rings. The van der Waals surface area contributed by atoms with Crippen LogP contribution in [-0.4, -0.2) is 49.3 Å². The molecule has 0 spiro atoms. The van der Waals surface area contributed by atoms with Gasteiger partial charge in [-0.05, 0) is 79.2 Å². The summed E-state index contributed by atoms with van der Waals surface area (Å²) >= 11 is 2.80. The third kappa shape index (κ3) is 8.29. The zero-order valence-corrected chi connectivity index (χ0v) is 27.7. The van der Waals surface area contributed by atoms with E-state index in [-0.39, 0.29) is 11.6 Å². The van der Waals surface area contributed by atoms with Crippen molar-refractivity contribution < 1.29 is 28.6 Å². The van der Waals surface area contributed by atoms with Crippen molar-refractivity contribution in [3.8, 4) is 17.2 Å². The summed E-state index contributed by atoms with van der Waals surface area (Å²) in [7, 11) is 4.48. The largest absolute Gasteiger partial charge is 0.493 e. The van der Waals surface area contributed by atoms with E-state index in [1.807, 2.05) is 43.3 Å². The topological polar surface area (TPSA) is 128 Å². The Morgan fingerprint density at radius 3 is 2.13 bits per heavy atom. The van der Waals surface area contributed by atoms with E-state index in [1.165, 1.54) is 50.5 Å². The highest BCUT2D eigenvalue weighted by atomic mass is 32.2. The highest BCUT2D eigenvalue weighted by Gasteiger charge is 2.19. The molecule has 0 radical (unpaired) electrons. The number of aromatic nitrogens is 1. The van der Waals surface area contributed by atoms with Gasteiger partial charge < -0.3 is 30.2 Å². The Labute approximate surface area is 280 Å². The molecule has 5 aromatic rings. The van der Waals surface area contributed by atoms with Crippen molar-refractivity contribution >= 4 is 67.9 Å². The van der Waals surface area contributed by atoms with Gasteiger partial charge in [-0.15, -0.1) is 11.8 Å². The van der Waals surface area contributed by atoms with E-state index in [2.05, 4.69) is 20.9 Å². The van der Waals surface area contributed by atoms with Crippen LogP contribution in [0.1, 0.15) is 22.8 Å². The monoisotopic (exact) mass is 668 g/mol. The standard InChI is InChI=1S/C35H32N4O6S2/c1-21(32(40)39-35-38-26-12-8-9-13-30(26)47-35)46-25-16-14-24(15-17-25)36-34(42)27(37-33(41)23-10-6-5-7-11-23)18-22-19-28(43-2)31(45-4)29(20-22)44-3/h5-21H,1-4H3,(H,36,42)(H,37,41)(H,38,39,40)/b27-18-. The first kappa shape index (κ1) is 33.0. The number of benzene rings is 4. The number of thiazole rings is 1. The number of rotatable bonds is 12. The number of nitrogens with one attached hydrogen (secondary N) is 3. The van der Waals surface area contributed by atoms with Crippen LogP contribution in [0.2, 0.25) is 0 Å². The van der Waals surface area contributed by atoms with Crippen LogP contribution in [0.5, 0.6) is 17.2 Å². The molecular formula is C35H32N4O6S2. The molecule has 3 amide bonds. The van der Waals surface area contributed by atoms with Crippen LogP contribution in [0.3, 0.4) is 0 Å². The molecule has 1 atom stereocenters. The Kier molecular flexibility index (Phi) is 10.8. The molecular weight excluding hydrogens is 637 g/mol. The molecule has 1 unspecified atom stereocenters. The Hall–Kier alpha value is -5.33. The summed E-state index contributed by atoms with van der Waals surface area (Å²) < 4.78 is 17.3. The Balaban J connectivity index is 1.30. The number of hydrogen-bond donors (Lipinski definition) is 3. The van der Waals surface area contributed by atoms with Gasteiger partial charge >= 0.3 is 0 Å². The van der Waals surface area contributed by atoms with Crippen molar-refractivity contribution in [3.05, 3.63) is 108 Å². The average molecular weight is 669 g/mol. The molecule has 0 saturated carbocycles. The number of thioether (sulfide) groups is 1. The number of nitrogens with zero attached hydrogens (tertiary/aromatic N) is 1. The van der Waals surface area contributed by atoms with Crippen molar-refractivity contribution in [2.75, 3.05) is 32.0 Å². The van der Waals surface area contributed by atoms with E-state index in [0.29, 0.717) is 39.2 Å². The van der Waals surface area contributed by atoms with Crippen LogP contribution in [0.25, 0.3) is 16.3 Å². The maximum atomic E-state index is 13.6. The predicted molar refractivity (Wildman–Crippen MR) is 187 cm³/mol. The molecule has 12 heteroatoms. The minimum Gasteiger partial charge on any atom is -0.493 e. The van der Waals surface area contributed by atoms with Gasteiger partial charge in [0, 0.05) is 16.1 Å². The van der Waals surface area contributed by atoms with Gasteiger partial charge in [0.25, 0.3) is 11.8 Å². The number of hydrogen-bond acceptors (Lipinski definition) is 9. The van der Waals surface area contributed by atoms with Crippen LogP contribution < -0.4 is 30.2 Å². The number of fused-ring (bicyclic) bond motifs is 1. The number of methoxy groups -OCH3 is 3. The Morgan fingerprint density at radius 1 is 0.830 bits per heavy atom. The van der Waals surface area contributed by atoms with Gasteiger partial charge in [0.2, 0.25) is 11.7 Å². The molecule has 0 bridgehead atoms. The minimum atomic E-state index is -0.549. The second-order valence-corrected chi connectivity index (χ2v) is 12.5. The van der Waals surface area contributed by atoms with Crippen LogP contribution >= 0.6 is 23.1 Å². The van der Waals surface area contributed by atoms with Gasteiger partial charge in [-0.3, -0.25) is 14.4 Å². The molecule has 3 N–H and O–H groups in total. The second-order valence-electron chi connectivity index (χ2n) is 10.1. The Morgan fingerprint density at radius 2 is 1.49 bits per heavy atom. The van der Waals surface area contributed by atoms with Crippen molar-refractivity contribution in [2.45, 2.75) is 17.1 Å². The quantitative estimate of drug-likeness (QED) is 0.0973. The lowest BCUT2D eigenvalue weighted by Crippen LogP contribution is -2.30. The summed E-state index contributed by atoms with van der Waals surface area (Å²) in [6.45, 7) is 1.82. The summed E-state index contributed by atoms with van der Waals surface area (Å²) in [4.78, 5) is 44.8. The number of carbonyl (C=O) groups excluding carboxylic acids is 3. The fourth-order valence-electron chi connectivity index (χ4n) is 4.50. The van der Waals surface area contributed by atoms with Crippen molar-refractivity contribution in [2.24, 2.45) is 0 Å². The number of carbonyl (C=O) groups is 3. The van der Waals surface area contributed by atoms with E-state index in [9.17, 15) is 14.4 Å². The number of para-hydroxylation sites is 1. The van der Waals surface area contributed by atoms with Gasteiger partial charge in [0.15, 0.2) is 16.6 Å². The fourth-order valence-corrected chi connectivity index (χ4v) is 6.24. The third-order valence-corrected chi connectivity index (χ3v) is 8.91. The van der Waals surface area contributed by atoms with E-state index in [0.717, 1.165) is 15.1 Å². The predicted octanol–water partition coefficient (Wildman–Crippen LogP) is 6.85. The zero-order chi connectivity index (χ0) is 33.3. The van der Waals surface area contributed by atoms with Crippen LogP contribution in [0.15, 0.2) is 102 Å². The van der Waals surface area contributed by atoms with Crippen LogP contribution in [-0.2, 0) is 9.59 Å². The maximum Gasteiger partial charge on any atom is 0.272 e. The smallest absolute Gasteiger partial charge is 0.272 e. The molecule has 1 heterocycles. The van der Waals surface area contributed by atoms with Crippen molar-refractivity contribution in [3.63, 3.8) is 0 Å². The molecule has 0 aliphatic heterocycles. The normalized spacial score (nSPS) is 11.8. The maximum absolute atomic E-state index is 13.6. The van der Waals surface area contributed by atoms with Crippen molar-refractivity contribution in [1.82, 2.24) is 10.3 Å². The van der Waals surface area contributed by atoms with Crippen LogP contribution in [0, 0.1) is 0 Å². The molecule has 0 aliphatic carbocycles. The SMILES string of the molecule is COc1cc(/C=C(\NC(=O)c2ccccc2)C(=O)Nc2ccc(SC(C)C(=O)Nc3nc4ccccc4s3)cc2)cc(OC)c1OC. The molecule has 5 rings (SSSR count). The molecule has 0 fully saturated rings. The first-order chi connectivity index (χ1) is 22.8. The first-order valence-corrected chi connectivity index (χ1v) is 16.1. The van der Waals surface area contributed by atoms with Gasteiger partial charge in [0.05, 0.1) is 36.8 Å². The summed E-state index contributed by atoms with van der Waals surface area (Å²) in [5.41, 5.74) is 2.25. The van der Waals surface area contributed by atoms with Crippen LogP contribution in [0.4, 0.5) is 10.8 Å². The summed E-state index contributed by atoms with van der Waals surface area (Å²) in [5.74, 6) is 0.0121. The highest BCUT2D eigenvalue weighted by Crippen LogP contribution is 2.38. The zero-order valence-electron chi connectivity index (χ0n) is 26.0. The van der Waals surface area contributed by atoms with Crippen molar-refractivity contribution in [1.29, 1.82) is 0 Å². The van der Waals surface area contributed by atoms with Gasteiger partial charge in [-0.1, -0.05) is 41.7 Å². The van der Waals surface area contributed by atoms with E-state index < -0.39 is 17.1 Å². The average Bonchev–Trinajstić information content (AvgIpc) is 3.50. The number of ether oxygens (including phenoxy) is 3. The molecule has 240 valence electrons. The first-order valence-electron chi connectivity index (χ1n) is 14.4. The summed E-state index contributed by atoms with van der Waals surface area (Å²) in [6, 6.07) is 26.7. The second kappa shape index (κ2) is 15.3. The lowest BCUT2D eigenvalue weighted by molar-refractivity contribution is -0.115. The molecule has 1 aromatic heterocycles. The molecule has 4 aromatic carbocycles. The van der Waals surface area contributed by atoms with E-state index in [1.54, 1.807) is 54.6 Å². The molecule has 0 saturated heterocycles. The number of anilines is 2. The van der Waals surface area contributed by atoms with Gasteiger partial charge in [-0.2, -0.15) is 0 Å². The minimum absolute atomic E-state index is 0.00767. The van der Waals surface area contributed by atoms with Gasteiger partial charge in [-0.25, -0.2) is 4.98 Å². The lowest BCUT2D eigenvalue weighted by Gasteiger charge is -2.15. The fraction of sp³-hybridized carbons (Fsp3) is 0.143. The van der Waals surface area contributed by atoms with Gasteiger partial charge in [0.1, 0.15) is 5.70 Å². The highest BCUT2D eigenvalue weighted by molar-refractivity contribution is 8.00. The molecule has 10 nitrogen and oxygen atoms in total. The summed E-state index contributed by atoms with van der Waals surface area (Å²) in [5, 5.41) is 8.62.